The molecule has 5 nitrogen and oxygen atoms in total. The molecule has 3 aromatic carbocycles. The van der Waals surface area contributed by atoms with E-state index in [0.717, 1.165) is 35.5 Å². The van der Waals surface area contributed by atoms with Gasteiger partial charge < -0.3 is 10.2 Å². The summed E-state index contributed by atoms with van der Waals surface area (Å²) in [6, 6.07) is 28.2. The highest BCUT2D eigenvalue weighted by molar-refractivity contribution is 8.04. The lowest BCUT2D eigenvalue weighted by Crippen LogP contribution is -2.46. The molecule has 1 saturated carbocycles. The highest BCUT2D eigenvalue weighted by Gasteiger charge is 2.50. The van der Waals surface area contributed by atoms with Crippen molar-refractivity contribution in [2.45, 2.75) is 42.9 Å². The molecule has 6 rings (SSSR count). The fraction of sp³-hybridized carbons (Fsp3) is 0.241. The molecule has 2 aliphatic heterocycles. The fourth-order valence-electron chi connectivity index (χ4n) is 5.56. The fourth-order valence-corrected chi connectivity index (χ4v) is 7.32. The van der Waals surface area contributed by atoms with Crippen molar-refractivity contribution in [3.63, 3.8) is 0 Å². The minimum atomic E-state index is -0.333. The van der Waals surface area contributed by atoms with Gasteiger partial charge in [0.05, 0.1) is 9.79 Å². The first-order valence-electron chi connectivity index (χ1n) is 12.2. The van der Waals surface area contributed by atoms with E-state index >= 15 is 0 Å². The van der Waals surface area contributed by atoms with E-state index < -0.39 is 0 Å². The lowest BCUT2D eigenvalue weighted by Gasteiger charge is -2.43. The van der Waals surface area contributed by atoms with Crippen LogP contribution in [0.3, 0.4) is 0 Å². The summed E-state index contributed by atoms with van der Waals surface area (Å²) < 4.78 is 0. The number of nitrogens with one attached hydrogen (secondary N) is 1. The monoisotopic (exact) mass is 481 g/mol. The molecule has 3 aliphatic rings. The maximum absolute atomic E-state index is 11.3. The van der Waals surface area contributed by atoms with Gasteiger partial charge in [0.25, 0.3) is 5.69 Å². The van der Waals surface area contributed by atoms with Gasteiger partial charge in [-0.3, -0.25) is 10.1 Å². The summed E-state index contributed by atoms with van der Waals surface area (Å²) in [5, 5.41) is 15.1. The molecule has 176 valence electrons. The van der Waals surface area contributed by atoms with E-state index in [0.29, 0.717) is 0 Å². The summed E-state index contributed by atoms with van der Waals surface area (Å²) in [6.07, 6.45) is 8.27. The number of nitrogens with zero attached hydrogens (tertiary/aromatic N) is 2. The molecule has 1 unspecified atom stereocenters. The van der Waals surface area contributed by atoms with E-state index in [1.807, 2.05) is 30.0 Å². The van der Waals surface area contributed by atoms with Crippen LogP contribution >= 0.6 is 11.8 Å². The van der Waals surface area contributed by atoms with Crippen LogP contribution in [0.5, 0.6) is 0 Å². The molecule has 0 amide bonds. The van der Waals surface area contributed by atoms with Crippen LogP contribution in [0.25, 0.3) is 5.70 Å². The highest BCUT2D eigenvalue weighted by Crippen LogP contribution is 2.59. The molecule has 1 aliphatic carbocycles. The second kappa shape index (κ2) is 8.93. The normalized spacial score (nSPS) is 20.9. The first kappa shape index (κ1) is 22.0. The van der Waals surface area contributed by atoms with Gasteiger partial charge in [-0.05, 0) is 42.2 Å². The smallest absolute Gasteiger partial charge is 0.269 e. The molecular weight excluding hydrogens is 454 g/mol. The maximum Gasteiger partial charge on any atom is 0.269 e. The van der Waals surface area contributed by atoms with Gasteiger partial charge in [-0.1, -0.05) is 91.7 Å². The van der Waals surface area contributed by atoms with E-state index in [2.05, 4.69) is 70.9 Å². The third-order valence-electron chi connectivity index (χ3n) is 7.23. The first-order chi connectivity index (χ1) is 17.1. The lowest BCUT2D eigenvalue weighted by atomic mass is 9.91. The lowest BCUT2D eigenvalue weighted by molar-refractivity contribution is -0.384. The summed E-state index contributed by atoms with van der Waals surface area (Å²) in [6.45, 7) is 0. The van der Waals surface area contributed by atoms with Crippen LogP contribution in [0.15, 0.2) is 102 Å². The Morgan fingerprint density at radius 2 is 1.54 bits per heavy atom. The van der Waals surface area contributed by atoms with E-state index in [1.165, 1.54) is 29.9 Å². The number of para-hydroxylation sites is 1. The number of non-ortho nitro benzene ring substituents is 1. The Kier molecular flexibility index (Phi) is 5.61. The van der Waals surface area contributed by atoms with Crippen LogP contribution in [0.4, 0.5) is 11.4 Å². The van der Waals surface area contributed by atoms with Gasteiger partial charge in [0, 0.05) is 34.3 Å². The first-order valence-corrected chi connectivity index (χ1v) is 13.0. The van der Waals surface area contributed by atoms with Gasteiger partial charge in [0.15, 0.2) is 0 Å². The Bertz CT molecular complexity index is 1300. The minimum Gasteiger partial charge on any atom is -0.341 e. The summed E-state index contributed by atoms with van der Waals surface area (Å²) in [4.78, 5) is 14.8. The number of rotatable bonds is 4. The van der Waals surface area contributed by atoms with Crippen molar-refractivity contribution in [2.24, 2.45) is 0 Å². The van der Waals surface area contributed by atoms with Gasteiger partial charge in [-0.25, -0.2) is 0 Å². The zero-order valence-corrected chi connectivity index (χ0v) is 20.2. The molecular formula is C29H27N3O2S. The van der Waals surface area contributed by atoms with Gasteiger partial charge in [-0.2, -0.15) is 0 Å². The van der Waals surface area contributed by atoms with Crippen molar-refractivity contribution < 1.29 is 4.92 Å². The summed E-state index contributed by atoms with van der Waals surface area (Å²) in [7, 11) is 0. The number of hydrogen-bond donors (Lipinski definition) is 1. The van der Waals surface area contributed by atoms with Crippen LogP contribution in [0.1, 0.15) is 49.1 Å². The summed E-state index contributed by atoms with van der Waals surface area (Å²) in [5.74, 6) is 1.17. The molecule has 0 saturated heterocycles. The number of anilines is 1. The third kappa shape index (κ3) is 3.92. The van der Waals surface area contributed by atoms with E-state index in [1.54, 1.807) is 12.1 Å². The number of hydrogen-bond acceptors (Lipinski definition) is 5. The summed E-state index contributed by atoms with van der Waals surface area (Å²) in [5.41, 5.74) is 4.61. The second-order valence-corrected chi connectivity index (χ2v) is 10.8. The van der Waals surface area contributed by atoms with Crippen LogP contribution in [-0.4, -0.2) is 9.79 Å². The standard InChI is InChI=1S/C29H27N3O2S/c33-32(34)24-16-14-21(15-17-24)25-20-26(22-10-4-1-5-11-22)30-28-27(25)35-29(18-8-3-9-19-29)31(28)23-12-6-2-7-13-23/h1-2,4-7,10-17,20,25,30H,3,8-9,18-19H2. The van der Waals surface area contributed by atoms with Gasteiger partial charge >= 0.3 is 0 Å². The number of thioether (sulfide) groups is 1. The number of dihydropyridines is 1. The second-order valence-electron chi connectivity index (χ2n) is 9.39. The highest BCUT2D eigenvalue weighted by atomic mass is 32.2. The van der Waals surface area contributed by atoms with Crippen molar-refractivity contribution in [1.29, 1.82) is 0 Å². The molecule has 6 heteroatoms. The largest absolute Gasteiger partial charge is 0.341 e. The molecule has 1 atom stereocenters. The van der Waals surface area contributed by atoms with Gasteiger partial charge in [0.1, 0.15) is 5.82 Å². The number of nitro benzene ring substituents is 1. The average molecular weight is 482 g/mol. The van der Waals surface area contributed by atoms with Crippen LogP contribution in [0, 0.1) is 10.1 Å². The molecule has 1 spiro atoms. The Hall–Kier alpha value is -3.51. The molecule has 0 bridgehead atoms. The van der Waals surface area contributed by atoms with Crippen LogP contribution in [-0.2, 0) is 0 Å². The zero-order chi connectivity index (χ0) is 23.8. The quantitative estimate of drug-likeness (QED) is 0.311. The number of nitro groups is 1. The van der Waals surface area contributed by atoms with Crippen LogP contribution in [0.2, 0.25) is 0 Å². The Labute approximate surface area is 209 Å². The van der Waals surface area contributed by atoms with Crippen molar-refractivity contribution in [2.75, 3.05) is 4.90 Å². The number of allylic oxidation sites excluding steroid dienone is 2. The Morgan fingerprint density at radius 1 is 0.886 bits per heavy atom. The average Bonchev–Trinajstić information content (AvgIpc) is 3.22. The molecule has 3 aromatic rings. The van der Waals surface area contributed by atoms with Crippen molar-refractivity contribution in [1.82, 2.24) is 5.32 Å². The van der Waals surface area contributed by atoms with E-state index in [-0.39, 0.29) is 21.4 Å². The summed E-state index contributed by atoms with van der Waals surface area (Å²) >= 11 is 2.00. The van der Waals surface area contributed by atoms with Crippen molar-refractivity contribution >= 4 is 28.8 Å². The number of benzene rings is 3. The molecule has 0 radical (unpaired) electrons. The van der Waals surface area contributed by atoms with Crippen molar-refractivity contribution in [3.8, 4) is 0 Å². The zero-order valence-electron chi connectivity index (χ0n) is 19.4. The molecule has 0 aromatic heterocycles. The maximum atomic E-state index is 11.3. The SMILES string of the molecule is O=[N+]([O-])c1ccc(C2C=C(c3ccccc3)NC3=C2SC2(CCCCC2)N3c2ccccc2)cc1. The molecule has 35 heavy (non-hydrogen) atoms. The van der Waals surface area contributed by atoms with Gasteiger partial charge in [-0.15, -0.1) is 0 Å². The molecule has 1 N–H and O–H groups in total. The van der Waals surface area contributed by atoms with Crippen molar-refractivity contribution in [3.05, 3.63) is 123 Å². The predicted molar refractivity (Wildman–Crippen MR) is 143 cm³/mol. The predicted octanol–water partition coefficient (Wildman–Crippen LogP) is 7.41. The van der Waals surface area contributed by atoms with Crippen LogP contribution < -0.4 is 10.2 Å². The Morgan fingerprint density at radius 3 is 2.20 bits per heavy atom. The Balaban J connectivity index is 1.50. The van der Waals surface area contributed by atoms with E-state index in [9.17, 15) is 10.1 Å². The topological polar surface area (TPSA) is 58.4 Å². The van der Waals surface area contributed by atoms with E-state index in [4.69, 9.17) is 0 Å². The third-order valence-corrected chi connectivity index (χ3v) is 8.87. The minimum absolute atomic E-state index is 0.0176. The molecule has 2 heterocycles. The molecule has 1 fully saturated rings. The van der Waals surface area contributed by atoms with Gasteiger partial charge in [0.2, 0.25) is 0 Å².